The molecule has 0 radical (unpaired) electrons. The van der Waals surface area contributed by atoms with Gasteiger partial charge in [-0.3, -0.25) is 25.3 Å². The first-order chi connectivity index (χ1) is 11.7. The number of hydrogen-bond acceptors (Lipinski definition) is 6. The number of hydrogen-bond donors (Lipinski definition) is 2. The van der Waals surface area contributed by atoms with Gasteiger partial charge >= 0.3 is 5.97 Å². The van der Waals surface area contributed by atoms with Crippen LogP contribution in [-0.2, 0) is 14.3 Å². The van der Waals surface area contributed by atoms with Crippen LogP contribution >= 0.6 is 0 Å². The summed E-state index contributed by atoms with van der Waals surface area (Å²) in [5, 5.41) is 0. The molecular weight excluding hydrogens is 327 g/mol. The van der Waals surface area contributed by atoms with Crippen molar-refractivity contribution >= 4 is 17.7 Å². The molecule has 1 fully saturated rings. The number of aromatic nitrogens is 1. The number of anilines is 1. The van der Waals surface area contributed by atoms with E-state index in [2.05, 4.69) is 15.8 Å². The monoisotopic (exact) mass is 352 g/mol. The molecule has 8 heteroatoms. The third kappa shape index (κ3) is 6.30. The molecule has 1 unspecified atom stereocenters. The van der Waals surface area contributed by atoms with Gasteiger partial charge in [0.2, 0.25) is 0 Å². The molecule has 0 aromatic carbocycles. The van der Waals surface area contributed by atoms with Crippen LogP contribution in [0, 0.1) is 5.82 Å². The minimum atomic E-state index is -0.509. The maximum atomic E-state index is 12.8. The number of rotatable bonds is 6. The Morgan fingerprint density at radius 2 is 2.16 bits per heavy atom. The van der Waals surface area contributed by atoms with Crippen LogP contribution in [0.1, 0.15) is 40.0 Å². The van der Waals surface area contributed by atoms with Gasteiger partial charge in [0.25, 0.3) is 5.91 Å². The predicted molar refractivity (Wildman–Crippen MR) is 91.0 cm³/mol. The smallest absolute Gasteiger partial charge is 0.307 e. The normalized spacial score (nSPS) is 18.0. The lowest BCUT2D eigenvalue weighted by Gasteiger charge is -2.24. The lowest BCUT2D eigenvalue weighted by atomic mass is 10.2. The molecule has 1 saturated heterocycles. The maximum absolute atomic E-state index is 12.8. The molecule has 0 spiro atoms. The first-order valence-corrected chi connectivity index (χ1v) is 8.38. The van der Waals surface area contributed by atoms with Crippen molar-refractivity contribution in [1.29, 1.82) is 0 Å². The van der Waals surface area contributed by atoms with E-state index in [1.165, 1.54) is 12.1 Å². The Bertz CT molecular complexity index is 601. The fourth-order valence-electron chi connectivity index (χ4n) is 2.68. The minimum Gasteiger partial charge on any atom is -0.460 e. The molecule has 25 heavy (non-hydrogen) atoms. The number of pyridine rings is 1. The van der Waals surface area contributed by atoms with Crippen LogP contribution in [0.5, 0.6) is 0 Å². The zero-order chi connectivity index (χ0) is 18.4. The average Bonchev–Trinajstić information content (AvgIpc) is 2.99. The molecule has 2 heterocycles. The number of hydrazine groups is 1. The van der Waals surface area contributed by atoms with Crippen LogP contribution in [-0.4, -0.2) is 46.5 Å². The number of esters is 1. The number of halogens is 1. The Hall–Kier alpha value is -2.22. The Balaban J connectivity index is 1.80. The summed E-state index contributed by atoms with van der Waals surface area (Å²) >= 11 is 0. The van der Waals surface area contributed by atoms with Crippen molar-refractivity contribution in [3.05, 3.63) is 24.1 Å². The molecule has 1 aromatic heterocycles. The second-order valence-electron chi connectivity index (χ2n) is 7.01. The van der Waals surface area contributed by atoms with Gasteiger partial charge in [-0.1, -0.05) is 0 Å². The second-order valence-corrected chi connectivity index (χ2v) is 7.01. The molecule has 138 valence electrons. The molecule has 0 bridgehead atoms. The molecule has 1 aliphatic heterocycles. The van der Waals surface area contributed by atoms with Crippen LogP contribution in [0.2, 0.25) is 0 Å². The molecule has 1 aliphatic rings. The van der Waals surface area contributed by atoms with Gasteiger partial charge in [0, 0.05) is 6.54 Å². The first kappa shape index (κ1) is 19.1. The molecule has 7 nitrogen and oxygen atoms in total. The Labute approximate surface area is 146 Å². The molecule has 1 aromatic rings. The highest BCUT2D eigenvalue weighted by Gasteiger charge is 2.31. The summed E-state index contributed by atoms with van der Waals surface area (Å²) in [6.45, 7) is 6.71. The van der Waals surface area contributed by atoms with Crippen molar-refractivity contribution in [2.75, 3.05) is 18.5 Å². The molecule has 0 aliphatic carbocycles. The number of amides is 1. The highest BCUT2D eigenvalue weighted by atomic mass is 19.1. The van der Waals surface area contributed by atoms with Crippen LogP contribution in [0.3, 0.4) is 0 Å². The van der Waals surface area contributed by atoms with E-state index >= 15 is 0 Å². The van der Waals surface area contributed by atoms with Crippen molar-refractivity contribution in [3.8, 4) is 0 Å². The van der Waals surface area contributed by atoms with Gasteiger partial charge in [-0.05, 0) is 52.3 Å². The van der Waals surface area contributed by atoms with Gasteiger partial charge in [0.1, 0.15) is 17.2 Å². The highest BCUT2D eigenvalue weighted by Crippen LogP contribution is 2.18. The SMILES string of the molecule is CC(C)(C)OC(=O)CCN1CCCC1C(=O)NNc1ccc(F)cn1. The third-order valence-electron chi connectivity index (χ3n) is 3.73. The minimum absolute atomic E-state index is 0.201. The molecular formula is C17H25FN4O3. The van der Waals surface area contributed by atoms with E-state index in [9.17, 15) is 14.0 Å². The number of carbonyl (C=O) groups is 2. The van der Waals surface area contributed by atoms with E-state index in [4.69, 9.17) is 4.74 Å². The quantitative estimate of drug-likeness (QED) is 0.601. The standard InChI is InChI=1S/C17H25FN4O3/c1-17(2,3)25-15(23)8-10-22-9-4-5-13(22)16(24)21-20-14-7-6-12(18)11-19-14/h6-7,11,13H,4-5,8-10H2,1-3H3,(H,19,20)(H,21,24). The van der Waals surface area contributed by atoms with E-state index in [0.717, 1.165) is 25.6 Å². The number of carbonyl (C=O) groups excluding carboxylic acids is 2. The zero-order valence-electron chi connectivity index (χ0n) is 14.8. The number of nitrogens with zero attached hydrogens (tertiary/aromatic N) is 2. The average molecular weight is 352 g/mol. The van der Waals surface area contributed by atoms with Crippen molar-refractivity contribution in [1.82, 2.24) is 15.3 Å². The zero-order valence-corrected chi connectivity index (χ0v) is 14.8. The summed E-state index contributed by atoms with van der Waals surface area (Å²) in [6, 6.07) is 2.38. The maximum Gasteiger partial charge on any atom is 0.307 e. The van der Waals surface area contributed by atoms with E-state index in [0.29, 0.717) is 12.4 Å². The summed E-state index contributed by atoms with van der Waals surface area (Å²) in [6.07, 6.45) is 2.92. The van der Waals surface area contributed by atoms with Gasteiger partial charge in [0.15, 0.2) is 0 Å². The fourth-order valence-corrected chi connectivity index (χ4v) is 2.68. The Morgan fingerprint density at radius 3 is 2.80 bits per heavy atom. The summed E-state index contributed by atoms with van der Waals surface area (Å²) in [5.74, 6) is -0.561. The lowest BCUT2D eigenvalue weighted by Crippen LogP contribution is -2.46. The van der Waals surface area contributed by atoms with E-state index in [-0.39, 0.29) is 24.3 Å². The largest absolute Gasteiger partial charge is 0.460 e. The van der Waals surface area contributed by atoms with E-state index < -0.39 is 11.4 Å². The second kappa shape index (κ2) is 8.24. The summed E-state index contributed by atoms with van der Waals surface area (Å²) in [7, 11) is 0. The molecule has 1 amide bonds. The van der Waals surface area contributed by atoms with E-state index in [1.54, 1.807) is 0 Å². The van der Waals surface area contributed by atoms with Gasteiger partial charge in [-0.2, -0.15) is 0 Å². The lowest BCUT2D eigenvalue weighted by molar-refractivity contribution is -0.155. The van der Waals surface area contributed by atoms with Gasteiger partial charge < -0.3 is 4.74 Å². The summed E-state index contributed by atoms with van der Waals surface area (Å²) in [5.41, 5.74) is 4.74. The van der Waals surface area contributed by atoms with Gasteiger partial charge in [-0.25, -0.2) is 9.37 Å². The molecule has 1 atom stereocenters. The Morgan fingerprint density at radius 1 is 1.40 bits per heavy atom. The molecule has 2 N–H and O–H groups in total. The first-order valence-electron chi connectivity index (χ1n) is 8.38. The van der Waals surface area contributed by atoms with Crippen molar-refractivity contribution in [3.63, 3.8) is 0 Å². The van der Waals surface area contributed by atoms with E-state index in [1.807, 2.05) is 25.7 Å². The van der Waals surface area contributed by atoms with Gasteiger partial charge in [0.05, 0.1) is 18.7 Å². The number of nitrogens with one attached hydrogen (secondary N) is 2. The summed E-state index contributed by atoms with van der Waals surface area (Å²) in [4.78, 5) is 30.0. The summed E-state index contributed by atoms with van der Waals surface area (Å²) < 4.78 is 18.1. The Kier molecular flexibility index (Phi) is 6.30. The van der Waals surface area contributed by atoms with Crippen LogP contribution in [0.15, 0.2) is 18.3 Å². The van der Waals surface area contributed by atoms with Crippen molar-refractivity contribution < 1.29 is 18.7 Å². The molecule has 0 saturated carbocycles. The van der Waals surface area contributed by atoms with Crippen molar-refractivity contribution in [2.45, 2.75) is 51.7 Å². The van der Waals surface area contributed by atoms with Crippen LogP contribution in [0.4, 0.5) is 10.2 Å². The third-order valence-corrected chi connectivity index (χ3v) is 3.73. The van der Waals surface area contributed by atoms with Crippen molar-refractivity contribution in [2.24, 2.45) is 0 Å². The van der Waals surface area contributed by atoms with Crippen LogP contribution in [0.25, 0.3) is 0 Å². The number of ether oxygens (including phenoxy) is 1. The van der Waals surface area contributed by atoms with Crippen LogP contribution < -0.4 is 10.9 Å². The molecule has 2 rings (SSSR count). The highest BCUT2D eigenvalue weighted by molar-refractivity contribution is 5.83. The fraction of sp³-hybridized carbons (Fsp3) is 0.588. The topological polar surface area (TPSA) is 83.6 Å². The van der Waals surface area contributed by atoms with Gasteiger partial charge in [-0.15, -0.1) is 0 Å². The predicted octanol–water partition coefficient (Wildman–Crippen LogP) is 1.86. The number of likely N-dealkylation sites (tertiary alicyclic amines) is 1.